The second kappa shape index (κ2) is 2.92. The quantitative estimate of drug-likeness (QED) is 0.782. The molecule has 20 heavy (non-hydrogen) atoms. The van der Waals surface area contributed by atoms with Gasteiger partial charge in [-0.1, -0.05) is 53.2 Å². The molecule has 6 bridgehead atoms. The van der Waals surface area contributed by atoms with Crippen LogP contribution in [0.5, 0.6) is 0 Å². The van der Waals surface area contributed by atoms with Crippen molar-refractivity contribution in [2.75, 3.05) is 0 Å². The second-order valence-electron chi connectivity index (χ2n) is 8.21. The van der Waals surface area contributed by atoms with E-state index in [9.17, 15) is 5.11 Å². The third-order valence-electron chi connectivity index (χ3n) is 8.21. The topological polar surface area (TPSA) is 20.2 Å². The molecule has 0 saturated heterocycles. The van der Waals surface area contributed by atoms with Gasteiger partial charge in [-0.3, -0.25) is 0 Å². The number of hydrogen-bond donors (Lipinski definition) is 1. The lowest BCUT2D eigenvalue weighted by Crippen LogP contribution is -2.38. The Bertz CT molecular complexity index is 628. The summed E-state index contributed by atoms with van der Waals surface area (Å²) in [7, 11) is 0. The first-order valence-corrected chi connectivity index (χ1v) is 8.94. The van der Waals surface area contributed by atoms with E-state index >= 15 is 0 Å². The highest BCUT2D eigenvalue weighted by atomic mass is 79.9. The van der Waals surface area contributed by atoms with Crippen LogP contribution in [0.3, 0.4) is 0 Å². The Morgan fingerprint density at radius 1 is 1.10 bits per heavy atom. The number of rotatable bonds is 1. The largest absolute Gasteiger partial charge is 0.385 e. The number of halogens is 1. The fourth-order valence-corrected chi connectivity index (χ4v) is 9.61. The van der Waals surface area contributed by atoms with Gasteiger partial charge < -0.3 is 5.11 Å². The van der Waals surface area contributed by atoms with E-state index in [1.165, 1.54) is 12.0 Å². The SMILES string of the molecule is C[C@]12[C@@H]3[C@H]4C[C@@H]5[C@@H]([C@@H]4[C@H]1Br)[C@@H]2[C@@](O)(c1ccccc1)[C@@H]53. The van der Waals surface area contributed by atoms with Crippen LogP contribution in [-0.4, -0.2) is 9.93 Å². The number of aliphatic hydroxyl groups is 1. The third-order valence-corrected chi connectivity index (χ3v) is 9.81. The molecule has 0 amide bonds. The van der Waals surface area contributed by atoms with Crippen molar-refractivity contribution in [2.45, 2.75) is 23.8 Å². The standard InChI is InChI=1S/C18H19BrO/c1-17-13-10-7-9-11(12(10)16(17)19)15(17)18(20,14(9)13)8-5-3-2-4-6-8/h2-6,9-16,20H,7H2,1H3/t9-,10+,11+,12-,13-,14+,15+,16-,17-,18-/m1/s1. The van der Waals surface area contributed by atoms with E-state index in [0.29, 0.717) is 22.1 Å². The van der Waals surface area contributed by atoms with Gasteiger partial charge in [0.15, 0.2) is 0 Å². The normalized spacial score (nSPS) is 67.0. The zero-order valence-corrected chi connectivity index (χ0v) is 13.1. The van der Waals surface area contributed by atoms with Crippen LogP contribution in [0, 0.1) is 46.8 Å². The summed E-state index contributed by atoms with van der Waals surface area (Å²) in [4.78, 5) is 0.646. The van der Waals surface area contributed by atoms with Gasteiger partial charge in [-0.2, -0.15) is 0 Å². The molecule has 10 atom stereocenters. The van der Waals surface area contributed by atoms with Gasteiger partial charge in [-0.15, -0.1) is 0 Å². The lowest BCUT2D eigenvalue weighted by Gasteiger charge is -2.40. The first-order chi connectivity index (χ1) is 9.61. The van der Waals surface area contributed by atoms with Crippen molar-refractivity contribution in [1.82, 2.24) is 0 Å². The van der Waals surface area contributed by atoms with Gasteiger partial charge in [0.1, 0.15) is 0 Å². The number of hydrogen-bond acceptors (Lipinski definition) is 1. The van der Waals surface area contributed by atoms with E-state index in [4.69, 9.17) is 0 Å². The summed E-state index contributed by atoms with van der Waals surface area (Å²) >= 11 is 4.06. The molecule has 6 aliphatic carbocycles. The Labute approximate surface area is 127 Å². The molecule has 0 unspecified atom stereocenters. The lowest BCUT2D eigenvalue weighted by molar-refractivity contribution is -0.0284. The maximum Gasteiger partial charge on any atom is 0.0966 e. The molecule has 0 aliphatic heterocycles. The number of benzene rings is 1. The minimum absolute atomic E-state index is 0.336. The van der Waals surface area contributed by atoms with Crippen LogP contribution >= 0.6 is 15.9 Å². The molecule has 104 valence electrons. The van der Waals surface area contributed by atoms with Crippen molar-refractivity contribution in [3.63, 3.8) is 0 Å². The van der Waals surface area contributed by atoms with Gasteiger partial charge in [0.25, 0.3) is 0 Å². The zero-order valence-electron chi connectivity index (χ0n) is 11.5. The molecule has 0 radical (unpaired) electrons. The highest BCUT2D eigenvalue weighted by molar-refractivity contribution is 9.09. The molecule has 1 aromatic carbocycles. The van der Waals surface area contributed by atoms with E-state index in [-0.39, 0.29) is 0 Å². The van der Waals surface area contributed by atoms with Crippen LogP contribution < -0.4 is 0 Å². The summed E-state index contributed by atoms with van der Waals surface area (Å²) in [5.74, 6) is 5.14. The minimum atomic E-state index is -0.540. The Morgan fingerprint density at radius 3 is 2.50 bits per heavy atom. The maximum atomic E-state index is 11.8. The van der Waals surface area contributed by atoms with Gasteiger partial charge in [0, 0.05) is 10.7 Å². The summed E-state index contributed by atoms with van der Waals surface area (Å²) < 4.78 is 0. The fourth-order valence-electron chi connectivity index (χ4n) is 8.28. The van der Waals surface area contributed by atoms with Crippen molar-refractivity contribution in [3.8, 4) is 0 Å². The lowest BCUT2D eigenvalue weighted by atomic mass is 9.64. The molecule has 6 fully saturated rings. The Balaban J connectivity index is 1.65. The van der Waals surface area contributed by atoms with E-state index in [1.54, 1.807) is 0 Å². The van der Waals surface area contributed by atoms with Crippen molar-refractivity contribution < 1.29 is 5.11 Å². The summed E-state index contributed by atoms with van der Waals surface area (Å²) in [5.41, 5.74) is 0.990. The summed E-state index contributed by atoms with van der Waals surface area (Å²) in [6, 6.07) is 10.6. The molecule has 1 N–H and O–H groups in total. The van der Waals surface area contributed by atoms with Crippen molar-refractivity contribution in [1.29, 1.82) is 0 Å². The van der Waals surface area contributed by atoms with E-state index in [1.807, 2.05) is 0 Å². The number of alkyl halides is 1. The van der Waals surface area contributed by atoms with Gasteiger partial charge in [-0.25, -0.2) is 0 Å². The minimum Gasteiger partial charge on any atom is -0.385 e. The molecule has 7 rings (SSSR count). The third kappa shape index (κ3) is 0.772. The van der Waals surface area contributed by atoms with Gasteiger partial charge in [0.05, 0.1) is 5.60 Å². The second-order valence-corrected chi connectivity index (χ2v) is 9.19. The van der Waals surface area contributed by atoms with Crippen molar-refractivity contribution in [3.05, 3.63) is 35.9 Å². The van der Waals surface area contributed by atoms with Gasteiger partial charge >= 0.3 is 0 Å². The maximum absolute atomic E-state index is 11.8. The average Bonchev–Trinajstić information content (AvgIpc) is 3.16. The summed E-state index contributed by atoms with van der Waals surface area (Å²) in [5, 5.41) is 11.8. The summed E-state index contributed by atoms with van der Waals surface area (Å²) in [6.07, 6.45) is 1.40. The zero-order chi connectivity index (χ0) is 13.4. The van der Waals surface area contributed by atoms with Crippen LogP contribution in [-0.2, 0) is 5.60 Å². The van der Waals surface area contributed by atoms with Gasteiger partial charge in [-0.05, 0) is 52.9 Å². The van der Waals surface area contributed by atoms with E-state index in [0.717, 1.165) is 29.6 Å². The fraction of sp³-hybridized carbons (Fsp3) is 0.667. The molecular formula is C18H19BrO. The van der Waals surface area contributed by atoms with Crippen LogP contribution in [0.4, 0.5) is 0 Å². The summed E-state index contributed by atoms with van der Waals surface area (Å²) in [6.45, 7) is 2.48. The highest BCUT2D eigenvalue weighted by Crippen LogP contribution is 2.91. The molecule has 2 heteroatoms. The van der Waals surface area contributed by atoms with Crippen molar-refractivity contribution in [2.24, 2.45) is 46.8 Å². The average molecular weight is 331 g/mol. The Hall–Kier alpha value is -0.340. The Kier molecular flexibility index (Phi) is 1.64. The van der Waals surface area contributed by atoms with Crippen LogP contribution in [0.25, 0.3) is 0 Å². The van der Waals surface area contributed by atoms with Gasteiger partial charge in [0.2, 0.25) is 0 Å². The van der Waals surface area contributed by atoms with E-state index < -0.39 is 5.60 Å². The first kappa shape index (κ1) is 11.3. The van der Waals surface area contributed by atoms with E-state index in [2.05, 4.69) is 53.2 Å². The molecule has 0 heterocycles. The van der Waals surface area contributed by atoms with Crippen molar-refractivity contribution >= 4 is 15.9 Å². The smallest absolute Gasteiger partial charge is 0.0966 e. The predicted octanol–water partition coefficient (Wildman–Crippen LogP) is 3.42. The molecule has 1 aromatic rings. The first-order valence-electron chi connectivity index (χ1n) is 8.03. The molecule has 0 aromatic heterocycles. The molecule has 0 spiro atoms. The van der Waals surface area contributed by atoms with Crippen LogP contribution in [0.15, 0.2) is 30.3 Å². The Morgan fingerprint density at radius 2 is 1.80 bits per heavy atom. The monoisotopic (exact) mass is 330 g/mol. The molecule has 1 nitrogen and oxygen atoms in total. The van der Waals surface area contributed by atoms with Crippen LogP contribution in [0.1, 0.15) is 18.9 Å². The highest BCUT2D eigenvalue weighted by Gasteiger charge is 2.91. The predicted molar refractivity (Wildman–Crippen MR) is 80.2 cm³/mol. The molecule has 6 saturated carbocycles. The molecule has 6 aliphatic rings. The van der Waals surface area contributed by atoms with Crippen LogP contribution in [0.2, 0.25) is 0 Å². The molecular weight excluding hydrogens is 312 g/mol.